The molecule has 0 aliphatic carbocycles. The lowest BCUT2D eigenvalue weighted by atomic mass is 10.1. The molecule has 0 bridgehead atoms. The summed E-state index contributed by atoms with van der Waals surface area (Å²) in [7, 11) is 0. The smallest absolute Gasteiger partial charge is 0.279 e. The van der Waals surface area contributed by atoms with Crippen LogP contribution >= 0.6 is 0 Å². The Hall–Kier alpha value is -2.70. The van der Waals surface area contributed by atoms with Gasteiger partial charge in [0, 0.05) is 18.8 Å². The topological polar surface area (TPSA) is 58.3 Å². The number of quaternary nitrogens is 2. The molecule has 1 aliphatic rings. The second kappa shape index (κ2) is 11.1. The number of likely N-dealkylation sites (N-methyl/N-ethyl adjacent to an activating group) is 1. The van der Waals surface area contributed by atoms with Crippen molar-refractivity contribution >= 4 is 17.5 Å². The standard InChI is InChI=1S/C25H34N4O2/c1-4-29(17-22-10-6-5-7-11-22)25(31)19-28-15-13-27(14-16-28)18-24(30)26-23-12-8-9-20(2)21(23)3/h5-12H,4,13-19H2,1-3H3,(H,26,30)/p+2. The predicted molar refractivity (Wildman–Crippen MR) is 123 cm³/mol. The van der Waals surface area contributed by atoms with Crippen LogP contribution in [0.25, 0.3) is 0 Å². The number of amides is 2. The number of rotatable bonds is 8. The maximum atomic E-state index is 12.8. The van der Waals surface area contributed by atoms with Crippen LogP contribution in [0.1, 0.15) is 23.6 Å². The van der Waals surface area contributed by atoms with Crippen LogP contribution < -0.4 is 15.1 Å². The maximum Gasteiger partial charge on any atom is 0.279 e. The molecule has 166 valence electrons. The SMILES string of the molecule is CCN(Cc1ccccc1)C(=O)C[NH+]1CC[NH+](CC(=O)Nc2cccc(C)c2C)CC1. The first kappa shape index (κ1) is 23.0. The molecule has 0 saturated carbocycles. The van der Waals surface area contributed by atoms with Gasteiger partial charge in [-0.05, 0) is 43.5 Å². The molecule has 3 rings (SSSR count). The van der Waals surface area contributed by atoms with Gasteiger partial charge in [0.1, 0.15) is 26.2 Å². The molecule has 2 aromatic carbocycles. The number of carbonyl (C=O) groups excluding carboxylic acids is 2. The summed E-state index contributed by atoms with van der Waals surface area (Å²) in [6.07, 6.45) is 0. The molecule has 0 spiro atoms. The summed E-state index contributed by atoms with van der Waals surface area (Å²) in [5.74, 6) is 0.265. The number of nitrogens with zero attached hydrogens (tertiary/aromatic N) is 1. The number of aryl methyl sites for hydroxylation is 1. The predicted octanol–water partition coefficient (Wildman–Crippen LogP) is 0.0740. The van der Waals surface area contributed by atoms with Crippen LogP contribution in [0.4, 0.5) is 5.69 Å². The van der Waals surface area contributed by atoms with Crippen molar-refractivity contribution in [2.45, 2.75) is 27.3 Å². The first-order valence-corrected chi connectivity index (χ1v) is 11.3. The fraction of sp³-hybridized carbons (Fsp3) is 0.440. The third-order valence-corrected chi connectivity index (χ3v) is 6.31. The summed E-state index contributed by atoms with van der Waals surface area (Å²) in [5.41, 5.74) is 4.36. The van der Waals surface area contributed by atoms with Gasteiger partial charge in [-0.3, -0.25) is 9.59 Å². The van der Waals surface area contributed by atoms with Crippen molar-refractivity contribution in [2.75, 3.05) is 51.1 Å². The largest absolute Gasteiger partial charge is 0.334 e. The molecule has 0 atom stereocenters. The van der Waals surface area contributed by atoms with Crippen molar-refractivity contribution in [3.8, 4) is 0 Å². The average Bonchev–Trinajstić information content (AvgIpc) is 2.77. The molecule has 6 nitrogen and oxygen atoms in total. The highest BCUT2D eigenvalue weighted by Crippen LogP contribution is 2.17. The fourth-order valence-corrected chi connectivity index (χ4v) is 4.12. The third-order valence-electron chi connectivity index (χ3n) is 6.31. The number of hydrogen-bond acceptors (Lipinski definition) is 2. The molecule has 3 N–H and O–H groups in total. The van der Waals surface area contributed by atoms with E-state index in [0.717, 1.165) is 49.5 Å². The van der Waals surface area contributed by atoms with Crippen molar-refractivity contribution < 1.29 is 19.4 Å². The van der Waals surface area contributed by atoms with Crippen molar-refractivity contribution in [3.63, 3.8) is 0 Å². The molecule has 1 aliphatic heterocycles. The Labute approximate surface area is 185 Å². The van der Waals surface area contributed by atoms with Crippen LogP contribution in [0.15, 0.2) is 48.5 Å². The highest BCUT2D eigenvalue weighted by Gasteiger charge is 2.27. The van der Waals surface area contributed by atoms with E-state index in [1.807, 2.05) is 49.1 Å². The van der Waals surface area contributed by atoms with Crippen LogP contribution in [-0.2, 0) is 16.1 Å². The quantitative estimate of drug-likeness (QED) is 0.562. The van der Waals surface area contributed by atoms with Crippen LogP contribution in [-0.4, -0.2) is 62.5 Å². The van der Waals surface area contributed by atoms with Crippen LogP contribution in [0.3, 0.4) is 0 Å². The van der Waals surface area contributed by atoms with Gasteiger partial charge in [-0.15, -0.1) is 0 Å². The molecule has 0 unspecified atom stereocenters. The normalized spacial score (nSPS) is 18.4. The first-order valence-electron chi connectivity index (χ1n) is 11.3. The molecule has 1 heterocycles. The third kappa shape index (κ3) is 6.64. The van der Waals surface area contributed by atoms with Gasteiger partial charge in [0.25, 0.3) is 11.8 Å². The molecule has 2 aromatic rings. The summed E-state index contributed by atoms with van der Waals surface area (Å²) < 4.78 is 0. The molecular weight excluding hydrogens is 388 g/mol. The van der Waals surface area contributed by atoms with Crippen molar-refractivity contribution in [1.29, 1.82) is 0 Å². The summed E-state index contributed by atoms with van der Waals surface area (Å²) in [6.45, 7) is 12.2. The van der Waals surface area contributed by atoms with Crippen molar-refractivity contribution in [2.24, 2.45) is 0 Å². The zero-order valence-electron chi connectivity index (χ0n) is 19.0. The number of anilines is 1. The van der Waals surface area contributed by atoms with E-state index in [1.165, 1.54) is 15.4 Å². The minimum atomic E-state index is 0.0586. The first-order chi connectivity index (χ1) is 15.0. The van der Waals surface area contributed by atoms with E-state index in [1.54, 1.807) is 0 Å². The fourth-order valence-electron chi connectivity index (χ4n) is 4.12. The molecule has 0 aromatic heterocycles. The van der Waals surface area contributed by atoms with Gasteiger partial charge in [0.05, 0.1) is 0 Å². The second-order valence-corrected chi connectivity index (χ2v) is 8.54. The number of hydrogen-bond donors (Lipinski definition) is 3. The minimum Gasteiger partial charge on any atom is -0.334 e. The van der Waals surface area contributed by atoms with Gasteiger partial charge in [-0.1, -0.05) is 42.5 Å². The van der Waals surface area contributed by atoms with E-state index >= 15 is 0 Å². The Bertz CT molecular complexity index is 876. The highest BCUT2D eigenvalue weighted by molar-refractivity contribution is 5.92. The van der Waals surface area contributed by atoms with Gasteiger partial charge in [-0.25, -0.2) is 0 Å². The van der Waals surface area contributed by atoms with Gasteiger partial charge >= 0.3 is 0 Å². The Morgan fingerprint density at radius 3 is 2.19 bits per heavy atom. The Kier molecular flexibility index (Phi) is 8.20. The molecule has 31 heavy (non-hydrogen) atoms. The highest BCUT2D eigenvalue weighted by atomic mass is 16.2. The second-order valence-electron chi connectivity index (χ2n) is 8.54. The monoisotopic (exact) mass is 424 g/mol. The van der Waals surface area contributed by atoms with Gasteiger partial charge in [0.15, 0.2) is 13.1 Å². The van der Waals surface area contributed by atoms with Gasteiger partial charge in [-0.2, -0.15) is 0 Å². The average molecular weight is 425 g/mol. The van der Waals surface area contributed by atoms with E-state index in [4.69, 9.17) is 0 Å². The minimum absolute atomic E-state index is 0.0586. The van der Waals surface area contributed by atoms with E-state index in [-0.39, 0.29) is 11.8 Å². The lowest BCUT2D eigenvalue weighted by Gasteiger charge is -2.30. The zero-order chi connectivity index (χ0) is 22.2. The Morgan fingerprint density at radius 2 is 1.55 bits per heavy atom. The zero-order valence-corrected chi connectivity index (χ0v) is 19.0. The van der Waals surface area contributed by atoms with E-state index in [0.29, 0.717) is 19.6 Å². The van der Waals surface area contributed by atoms with E-state index < -0.39 is 0 Å². The summed E-state index contributed by atoms with van der Waals surface area (Å²) in [4.78, 5) is 29.8. The Morgan fingerprint density at radius 1 is 0.903 bits per heavy atom. The van der Waals surface area contributed by atoms with Gasteiger partial charge < -0.3 is 20.0 Å². The van der Waals surface area contributed by atoms with Crippen LogP contribution in [0.2, 0.25) is 0 Å². The maximum absolute atomic E-state index is 12.8. The summed E-state index contributed by atoms with van der Waals surface area (Å²) >= 11 is 0. The number of benzene rings is 2. The molecule has 1 saturated heterocycles. The molecule has 1 fully saturated rings. The van der Waals surface area contributed by atoms with Gasteiger partial charge in [0.2, 0.25) is 0 Å². The summed E-state index contributed by atoms with van der Waals surface area (Å²) in [6, 6.07) is 16.1. The number of piperazine rings is 1. The molecule has 6 heteroatoms. The van der Waals surface area contributed by atoms with Crippen LogP contribution in [0, 0.1) is 13.8 Å². The van der Waals surface area contributed by atoms with E-state index in [9.17, 15) is 9.59 Å². The lowest BCUT2D eigenvalue weighted by Crippen LogP contribution is -3.28. The van der Waals surface area contributed by atoms with E-state index in [2.05, 4.69) is 30.4 Å². The van der Waals surface area contributed by atoms with Crippen LogP contribution in [0.5, 0.6) is 0 Å². The van der Waals surface area contributed by atoms with Crippen molar-refractivity contribution in [1.82, 2.24) is 4.90 Å². The molecular formula is C25H36N4O2+2. The summed E-state index contributed by atoms with van der Waals surface area (Å²) in [5, 5.41) is 3.06. The Balaban J connectivity index is 1.43. The van der Waals surface area contributed by atoms with Crippen molar-refractivity contribution in [3.05, 3.63) is 65.2 Å². The molecule has 2 amide bonds. The number of carbonyl (C=O) groups is 2. The lowest BCUT2D eigenvalue weighted by molar-refractivity contribution is -1.00. The number of nitrogens with one attached hydrogen (secondary N) is 3. The molecule has 0 radical (unpaired) electrons.